The summed E-state index contributed by atoms with van der Waals surface area (Å²) in [6, 6.07) is 9.58. The molecular weight excluding hydrogens is 267 g/mol. The van der Waals surface area contributed by atoms with Crippen LogP contribution in [0.2, 0.25) is 5.02 Å². The predicted molar refractivity (Wildman–Crippen MR) is 70.9 cm³/mol. The van der Waals surface area contributed by atoms with Crippen molar-refractivity contribution in [2.24, 2.45) is 0 Å². The second-order valence-corrected chi connectivity index (χ2v) is 4.53. The number of benzene rings is 1. The molecule has 2 aromatic heterocycles. The van der Waals surface area contributed by atoms with Crippen LogP contribution in [0.4, 0.5) is 4.39 Å². The molecule has 96 valence electrons. The van der Waals surface area contributed by atoms with Crippen LogP contribution in [-0.4, -0.2) is 9.38 Å². The third-order valence-electron chi connectivity index (χ3n) is 2.65. The van der Waals surface area contributed by atoms with Crippen LogP contribution in [-0.2, 0) is 6.61 Å². The second-order valence-electron chi connectivity index (χ2n) is 4.09. The maximum atomic E-state index is 13.0. The molecule has 0 fully saturated rings. The first-order valence-electron chi connectivity index (χ1n) is 5.72. The maximum Gasteiger partial charge on any atom is 0.138 e. The SMILES string of the molecule is Fc1cccc(OCc2cn3ccc(Cl)cc3n2)c1. The van der Waals surface area contributed by atoms with Crippen molar-refractivity contribution < 1.29 is 9.13 Å². The van der Waals surface area contributed by atoms with Crippen LogP contribution < -0.4 is 4.74 Å². The van der Waals surface area contributed by atoms with E-state index in [1.807, 2.05) is 16.8 Å². The van der Waals surface area contributed by atoms with Crippen LogP contribution in [0.3, 0.4) is 0 Å². The Bertz CT molecular complexity index is 726. The Morgan fingerprint density at radius 1 is 1.26 bits per heavy atom. The van der Waals surface area contributed by atoms with Gasteiger partial charge in [0.2, 0.25) is 0 Å². The molecule has 2 heterocycles. The summed E-state index contributed by atoms with van der Waals surface area (Å²) in [7, 11) is 0. The van der Waals surface area contributed by atoms with E-state index in [0.717, 1.165) is 11.3 Å². The summed E-state index contributed by atoms with van der Waals surface area (Å²) >= 11 is 5.89. The molecule has 0 aliphatic rings. The van der Waals surface area contributed by atoms with Gasteiger partial charge in [-0.3, -0.25) is 0 Å². The molecule has 0 atom stereocenters. The summed E-state index contributed by atoms with van der Waals surface area (Å²) in [6.45, 7) is 0.281. The molecule has 0 amide bonds. The van der Waals surface area contributed by atoms with Gasteiger partial charge in [0.1, 0.15) is 23.8 Å². The maximum absolute atomic E-state index is 13.0. The summed E-state index contributed by atoms with van der Waals surface area (Å²) in [6.07, 6.45) is 3.68. The molecule has 0 saturated carbocycles. The van der Waals surface area contributed by atoms with Gasteiger partial charge in [-0.2, -0.15) is 0 Å². The molecule has 0 N–H and O–H groups in total. The number of imidazole rings is 1. The Balaban J connectivity index is 1.78. The van der Waals surface area contributed by atoms with Crippen LogP contribution >= 0.6 is 11.6 Å². The van der Waals surface area contributed by atoms with Gasteiger partial charge < -0.3 is 9.14 Å². The number of fused-ring (bicyclic) bond motifs is 1. The average Bonchev–Trinajstić information content (AvgIpc) is 2.78. The van der Waals surface area contributed by atoms with Gasteiger partial charge in [-0.15, -0.1) is 0 Å². The highest BCUT2D eigenvalue weighted by atomic mass is 35.5. The van der Waals surface area contributed by atoms with E-state index in [9.17, 15) is 4.39 Å². The van der Waals surface area contributed by atoms with Crippen LogP contribution in [0.5, 0.6) is 5.75 Å². The molecule has 0 aliphatic carbocycles. The Morgan fingerprint density at radius 3 is 3.00 bits per heavy atom. The Hall–Kier alpha value is -2.07. The minimum Gasteiger partial charge on any atom is -0.487 e. The number of pyridine rings is 1. The number of ether oxygens (including phenoxy) is 1. The summed E-state index contributed by atoms with van der Waals surface area (Å²) < 4.78 is 20.3. The van der Waals surface area contributed by atoms with E-state index in [0.29, 0.717) is 10.8 Å². The lowest BCUT2D eigenvalue weighted by atomic mass is 10.3. The van der Waals surface area contributed by atoms with E-state index < -0.39 is 0 Å². The van der Waals surface area contributed by atoms with Crippen molar-refractivity contribution in [2.75, 3.05) is 0 Å². The molecular formula is C14H10ClFN2O. The number of hydrogen-bond donors (Lipinski definition) is 0. The van der Waals surface area contributed by atoms with Gasteiger partial charge in [0.15, 0.2) is 0 Å². The Morgan fingerprint density at radius 2 is 2.16 bits per heavy atom. The Labute approximate surface area is 114 Å². The van der Waals surface area contributed by atoms with Crippen molar-refractivity contribution in [3.63, 3.8) is 0 Å². The van der Waals surface area contributed by atoms with Crippen molar-refractivity contribution in [1.29, 1.82) is 0 Å². The minimum atomic E-state index is -0.320. The third kappa shape index (κ3) is 2.69. The van der Waals surface area contributed by atoms with E-state index in [1.165, 1.54) is 12.1 Å². The lowest BCUT2D eigenvalue weighted by Crippen LogP contribution is -1.95. The largest absolute Gasteiger partial charge is 0.487 e. The first-order chi connectivity index (χ1) is 9.20. The molecule has 3 rings (SSSR count). The van der Waals surface area contributed by atoms with E-state index in [-0.39, 0.29) is 12.4 Å². The lowest BCUT2D eigenvalue weighted by Gasteiger charge is -2.03. The van der Waals surface area contributed by atoms with Crippen LogP contribution in [0.1, 0.15) is 5.69 Å². The topological polar surface area (TPSA) is 26.5 Å². The van der Waals surface area contributed by atoms with Crippen LogP contribution in [0, 0.1) is 5.82 Å². The van der Waals surface area contributed by atoms with E-state index >= 15 is 0 Å². The molecule has 0 aliphatic heterocycles. The fourth-order valence-corrected chi connectivity index (χ4v) is 1.95. The molecule has 1 aromatic carbocycles. The molecule has 0 spiro atoms. The van der Waals surface area contributed by atoms with Gasteiger partial charge in [-0.25, -0.2) is 9.37 Å². The highest BCUT2D eigenvalue weighted by molar-refractivity contribution is 6.30. The zero-order valence-corrected chi connectivity index (χ0v) is 10.6. The zero-order valence-electron chi connectivity index (χ0n) is 9.88. The number of halogens is 2. The van der Waals surface area contributed by atoms with E-state index in [2.05, 4.69) is 4.98 Å². The molecule has 19 heavy (non-hydrogen) atoms. The van der Waals surface area contributed by atoms with Gasteiger partial charge in [-0.05, 0) is 24.3 Å². The van der Waals surface area contributed by atoms with Crippen LogP contribution in [0.15, 0.2) is 48.8 Å². The summed E-state index contributed by atoms with van der Waals surface area (Å²) in [5.74, 6) is 0.161. The smallest absolute Gasteiger partial charge is 0.138 e. The van der Waals surface area contributed by atoms with Gasteiger partial charge in [0.05, 0.1) is 5.69 Å². The summed E-state index contributed by atoms with van der Waals surface area (Å²) in [5.41, 5.74) is 1.51. The Kier molecular flexibility index (Phi) is 3.09. The average molecular weight is 277 g/mol. The second kappa shape index (κ2) is 4.90. The summed E-state index contributed by atoms with van der Waals surface area (Å²) in [5, 5.41) is 0.635. The fraction of sp³-hybridized carbons (Fsp3) is 0.0714. The van der Waals surface area contributed by atoms with E-state index in [1.54, 1.807) is 24.3 Å². The van der Waals surface area contributed by atoms with Crippen molar-refractivity contribution in [1.82, 2.24) is 9.38 Å². The van der Waals surface area contributed by atoms with Gasteiger partial charge in [0.25, 0.3) is 0 Å². The molecule has 3 nitrogen and oxygen atoms in total. The van der Waals surface area contributed by atoms with E-state index in [4.69, 9.17) is 16.3 Å². The van der Waals surface area contributed by atoms with Crippen molar-refractivity contribution in [3.8, 4) is 5.75 Å². The lowest BCUT2D eigenvalue weighted by molar-refractivity contribution is 0.300. The number of nitrogens with zero attached hydrogens (tertiary/aromatic N) is 2. The molecule has 0 saturated heterocycles. The third-order valence-corrected chi connectivity index (χ3v) is 2.89. The normalized spacial score (nSPS) is 10.8. The van der Waals surface area contributed by atoms with Gasteiger partial charge >= 0.3 is 0 Å². The standard InChI is InChI=1S/C14H10ClFN2O/c15-10-4-5-18-8-12(17-14(18)6-10)9-19-13-3-1-2-11(16)7-13/h1-8H,9H2. The molecule has 3 aromatic rings. The molecule has 0 radical (unpaired) electrons. The molecule has 0 unspecified atom stereocenters. The number of hydrogen-bond acceptors (Lipinski definition) is 2. The van der Waals surface area contributed by atoms with Gasteiger partial charge in [0, 0.05) is 23.5 Å². The highest BCUT2D eigenvalue weighted by Crippen LogP contribution is 2.16. The van der Waals surface area contributed by atoms with Gasteiger partial charge in [-0.1, -0.05) is 17.7 Å². The first kappa shape index (κ1) is 12.0. The molecule has 0 bridgehead atoms. The number of aromatic nitrogens is 2. The van der Waals surface area contributed by atoms with Crippen molar-refractivity contribution in [3.05, 3.63) is 65.3 Å². The van der Waals surface area contributed by atoms with Crippen molar-refractivity contribution >= 4 is 17.2 Å². The zero-order chi connectivity index (χ0) is 13.2. The quantitative estimate of drug-likeness (QED) is 0.729. The fourth-order valence-electron chi connectivity index (χ4n) is 1.79. The number of rotatable bonds is 3. The highest BCUT2D eigenvalue weighted by Gasteiger charge is 2.03. The molecule has 5 heteroatoms. The summed E-state index contributed by atoms with van der Waals surface area (Å²) in [4.78, 5) is 4.37. The minimum absolute atomic E-state index is 0.281. The first-order valence-corrected chi connectivity index (χ1v) is 6.10. The monoisotopic (exact) mass is 276 g/mol. The predicted octanol–water partition coefficient (Wildman–Crippen LogP) is 3.71. The van der Waals surface area contributed by atoms with Crippen LogP contribution in [0.25, 0.3) is 5.65 Å². The van der Waals surface area contributed by atoms with Crippen molar-refractivity contribution in [2.45, 2.75) is 6.61 Å².